The highest BCUT2D eigenvalue weighted by atomic mass is 32.2. The fraction of sp³-hybridized carbons (Fsp3) is 0.211. The monoisotopic (exact) mass is 386 g/mol. The van der Waals surface area contributed by atoms with Crippen molar-refractivity contribution < 1.29 is 13.9 Å². The number of ether oxygens (including phenoxy) is 1. The molecule has 0 bridgehead atoms. The first kappa shape index (κ1) is 18.9. The average molecular weight is 386 g/mol. The van der Waals surface area contributed by atoms with Crippen molar-refractivity contribution in [3.63, 3.8) is 0 Å². The number of para-hydroxylation sites is 1. The lowest BCUT2D eigenvalue weighted by molar-refractivity contribution is -0.118. The number of rotatable bonds is 8. The molecule has 0 fully saturated rings. The zero-order chi connectivity index (χ0) is 19.1. The predicted molar refractivity (Wildman–Crippen MR) is 102 cm³/mol. The van der Waals surface area contributed by atoms with Crippen LogP contribution >= 0.6 is 11.8 Å². The Morgan fingerprint density at radius 1 is 1.26 bits per heavy atom. The van der Waals surface area contributed by atoms with E-state index < -0.39 is 0 Å². The second kappa shape index (κ2) is 9.18. The topological polar surface area (TPSA) is 69.0 Å². The Labute approximate surface area is 160 Å². The van der Waals surface area contributed by atoms with Gasteiger partial charge >= 0.3 is 0 Å². The van der Waals surface area contributed by atoms with E-state index in [1.54, 1.807) is 18.2 Å². The number of nitrogens with zero attached hydrogens (tertiary/aromatic N) is 3. The molecule has 2 aromatic carbocycles. The Morgan fingerprint density at radius 3 is 2.93 bits per heavy atom. The van der Waals surface area contributed by atoms with E-state index in [2.05, 4.69) is 15.5 Å². The summed E-state index contributed by atoms with van der Waals surface area (Å²) in [5, 5.41) is 11.0. The van der Waals surface area contributed by atoms with E-state index in [0.29, 0.717) is 24.0 Å². The van der Waals surface area contributed by atoms with Gasteiger partial charge in [0.2, 0.25) is 5.91 Å². The minimum absolute atomic E-state index is 0.150. The molecular weight excluding hydrogens is 367 g/mol. The Hall–Kier alpha value is -2.87. The van der Waals surface area contributed by atoms with Gasteiger partial charge in [0.1, 0.15) is 24.5 Å². The molecule has 0 unspecified atom stereocenters. The van der Waals surface area contributed by atoms with E-state index in [4.69, 9.17) is 4.74 Å². The largest absolute Gasteiger partial charge is 0.492 e. The Kier molecular flexibility index (Phi) is 6.43. The number of nitrogens with one attached hydrogen (secondary N) is 1. The zero-order valence-electron chi connectivity index (χ0n) is 14.8. The highest BCUT2D eigenvalue weighted by molar-refractivity contribution is 7.99. The van der Waals surface area contributed by atoms with Gasteiger partial charge in [-0.05, 0) is 36.8 Å². The molecule has 3 aromatic rings. The molecule has 0 radical (unpaired) electrons. The lowest BCUT2D eigenvalue weighted by Crippen LogP contribution is -2.29. The highest BCUT2D eigenvalue weighted by Crippen LogP contribution is 2.21. The molecule has 0 aliphatic rings. The molecule has 140 valence electrons. The van der Waals surface area contributed by atoms with E-state index in [1.807, 2.05) is 31.2 Å². The van der Waals surface area contributed by atoms with Gasteiger partial charge in [0.25, 0.3) is 0 Å². The normalized spacial score (nSPS) is 10.6. The molecule has 0 aliphatic heterocycles. The number of carbonyl (C=O) groups is 1. The van der Waals surface area contributed by atoms with Crippen LogP contribution < -0.4 is 10.1 Å². The smallest absolute Gasteiger partial charge is 0.230 e. The second-order valence-electron chi connectivity index (χ2n) is 5.74. The highest BCUT2D eigenvalue weighted by Gasteiger charge is 2.12. The molecule has 1 aromatic heterocycles. The first-order valence-electron chi connectivity index (χ1n) is 8.37. The lowest BCUT2D eigenvalue weighted by Gasteiger charge is -2.09. The molecule has 1 N–H and O–H groups in total. The van der Waals surface area contributed by atoms with E-state index in [0.717, 1.165) is 11.3 Å². The molecule has 1 heterocycles. The molecule has 0 saturated heterocycles. The van der Waals surface area contributed by atoms with E-state index in [1.165, 1.54) is 28.7 Å². The number of aromatic nitrogens is 3. The third-order valence-corrected chi connectivity index (χ3v) is 4.59. The molecule has 27 heavy (non-hydrogen) atoms. The number of hydrogen-bond donors (Lipinski definition) is 1. The molecular formula is C19H19FN4O2S. The number of hydrogen-bond acceptors (Lipinski definition) is 5. The summed E-state index contributed by atoms with van der Waals surface area (Å²) in [7, 11) is 0. The van der Waals surface area contributed by atoms with Crippen LogP contribution in [-0.4, -0.2) is 39.6 Å². The van der Waals surface area contributed by atoms with Crippen LogP contribution in [0.1, 0.15) is 5.56 Å². The van der Waals surface area contributed by atoms with Crippen molar-refractivity contribution in [3.8, 4) is 11.4 Å². The minimum atomic E-state index is -0.378. The quantitative estimate of drug-likeness (QED) is 0.476. The number of benzene rings is 2. The first-order valence-corrected chi connectivity index (χ1v) is 9.36. The zero-order valence-corrected chi connectivity index (χ0v) is 15.6. The van der Waals surface area contributed by atoms with Crippen molar-refractivity contribution in [2.75, 3.05) is 18.9 Å². The Bertz CT molecular complexity index is 916. The lowest BCUT2D eigenvalue weighted by atomic mass is 10.2. The van der Waals surface area contributed by atoms with Crippen LogP contribution in [-0.2, 0) is 4.79 Å². The SMILES string of the molecule is Cc1cccc(OCCNC(=O)CSc2nncn2-c2ccccc2F)c1. The predicted octanol–water partition coefficient (Wildman–Crippen LogP) is 3.00. The van der Waals surface area contributed by atoms with Gasteiger partial charge < -0.3 is 10.1 Å². The van der Waals surface area contributed by atoms with Crippen molar-refractivity contribution in [1.29, 1.82) is 0 Å². The van der Waals surface area contributed by atoms with Crippen molar-refractivity contribution in [2.45, 2.75) is 12.1 Å². The van der Waals surface area contributed by atoms with Crippen LogP contribution in [0.4, 0.5) is 4.39 Å². The van der Waals surface area contributed by atoms with Crippen molar-refractivity contribution >= 4 is 17.7 Å². The molecule has 6 nitrogen and oxygen atoms in total. The Balaban J connectivity index is 1.45. The maximum Gasteiger partial charge on any atom is 0.230 e. The van der Waals surface area contributed by atoms with Crippen LogP contribution in [0.5, 0.6) is 5.75 Å². The summed E-state index contributed by atoms with van der Waals surface area (Å²) in [6.07, 6.45) is 1.42. The van der Waals surface area contributed by atoms with Gasteiger partial charge in [0.05, 0.1) is 18.0 Å². The molecule has 0 saturated carbocycles. The fourth-order valence-electron chi connectivity index (χ4n) is 2.38. The Morgan fingerprint density at radius 2 is 2.11 bits per heavy atom. The maximum absolute atomic E-state index is 13.9. The number of carbonyl (C=O) groups excluding carboxylic acids is 1. The van der Waals surface area contributed by atoms with Gasteiger partial charge in [0.15, 0.2) is 5.16 Å². The molecule has 8 heteroatoms. The van der Waals surface area contributed by atoms with Crippen LogP contribution in [0.15, 0.2) is 60.0 Å². The number of thioether (sulfide) groups is 1. The van der Waals surface area contributed by atoms with E-state index in [9.17, 15) is 9.18 Å². The molecule has 1 amide bonds. The molecule has 0 aliphatic carbocycles. The standard InChI is InChI=1S/C19H19FN4O2S/c1-14-5-4-6-15(11-14)26-10-9-21-18(25)12-27-19-23-22-13-24(19)17-8-3-2-7-16(17)20/h2-8,11,13H,9-10,12H2,1H3,(H,21,25). The summed E-state index contributed by atoms with van der Waals surface area (Å²) in [6.45, 7) is 2.77. The summed E-state index contributed by atoms with van der Waals surface area (Å²) in [5.74, 6) is 0.391. The number of aryl methyl sites for hydroxylation is 1. The first-order chi connectivity index (χ1) is 13.1. The summed E-state index contributed by atoms with van der Waals surface area (Å²) in [4.78, 5) is 12.0. The minimum Gasteiger partial charge on any atom is -0.492 e. The van der Waals surface area contributed by atoms with Gasteiger partial charge in [-0.1, -0.05) is 36.0 Å². The van der Waals surface area contributed by atoms with E-state index >= 15 is 0 Å². The van der Waals surface area contributed by atoms with Crippen molar-refractivity contribution in [2.24, 2.45) is 0 Å². The van der Waals surface area contributed by atoms with Gasteiger partial charge in [-0.25, -0.2) is 4.39 Å². The summed E-state index contributed by atoms with van der Waals surface area (Å²) < 4.78 is 21.0. The summed E-state index contributed by atoms with van der Waals surface area (Å²) >= 11 is 1.19. The third-order valence-electron chi connectivity index (χ3n) is 3.64. The van der Waals surface area contributed by atoms with E-state index in [-0.39, 0.29) is 17.5 Å². The number of amides is 1. The van der Waals surface area contributed by atoms with Crippen LogP contribution in [0.2, 0.25) is 0 Å². The van der Waals surface area contributed by atoms with Gasteiger partial charge in [-0.15, -0.1) is 10.2 Å². The average Bonchev–Trinajstić information content (AvgIpc) is 3.12. The molecule has 3 rings (SSSR count). The summed E-state index contributed by atoms with van der Waals surface area (Å²) in [5.41, 5.74) is 1.46. The third kappa shape index (κ3) is 5.30. The fourth-order valence-corrected chi connectivity index (χ4v) is 3.13. The second-order valence-corrected chi connectivity index (χ2v) is 6.68. The van der Waals surface area contributed by atoms with Crippen LogP contribution in [0.25, 0.3) is 5.69 Å². The maximum atomic E-state index is 13.9. The van der Waals surface area contributed by atoms with Crippen molar-refractivity contribution in [1.82, 2.24) is 20.1 Å². The van der Waals surface area contributed by atoms with Crippen LogP contribution in [0, 0.1) is 12.7 Å². The summed E-state index contributed by atoms with van der Waals surface area (Å²) in [6, 6.07) is 14.1. The van der Waals surface area contributed by atoms with Gasteiger partial charge in [0, 0.05) is 0 Å². The molecule has 0 atom stereocenters. The number of halogens is 1. The van der Waals surface area contributed by atoms with Gasteiger partial charge in [-0.3, -0.25) is 9.36 Å². The molecule has 0 spiro atoms. The van der Waals surface area contributed by atoms with Gasteiger partial charge in [-0.2, -0.15) is 0 Å². The van der Waals surface area contributed by atoms with Crippen LogP contribution in [0.3, 0.4) is 0 Å². The van der Waals surface area contributed by atoms with Crippen molar-refractivity contribution in [3.05, 3.63) is 66.2 Å².